The number of rotatable bonds is 3. The van der Waals surface area contributed by atoms with Crippen molar-refractivity contribution < 1.29 is 9.53 Å². The molecule has 2 heterocycles. The molecule has 19 heavy (non-hydrogen) atoms. The van der Waals surface area contributed by atoms with Crippen LogP contribution in [0, 0.1) is 13.8 Å². The van der Waals surface area contributed by atoms with Crippen LogP contribution in [0.5, 0.6) is 11.6 Å². The summed E-state index contributed by atoms with van der Waals surface area (Å²) in [7, 11) is 1.82. The molecule has 0 radical (unpaired) electrons. The van der Waals surface area contributed by atoms with Gasteiger partial charge in [0.1, 0.15) is 5.69 Å². The summed E-state index contributed by atoms with van der Waals surface area (Å²) in [6, 6.07) is 1.42. The molecule has 0 fully saturated rings. The van der Waals surface area contributed by atoms with Crippen molar-refractivity contribution in [2.45, 2.75) is 13.8 Å². The van der Waals surface area contributed by atoms with Crippen molar-refractivity contribution in [3.63, 3.8) is 0 Å². The Labute approximate surface area is 110 Å². The maximum Gasteiger partial charge on any atom is 0.251 e. The van der Waals surface area contributed by atoms with Crippen LogP contribution in [0.25, 0.3) is 0 Å². The second-order valence-electron chi connectivity index (χ2n) is 4.20. The first-order chi connectivity index (χ1) is 8.90. The van der Waals surface area contributed by atoms with Crippen molar-refractivity contribution in [2.24, 2.45) is 12.8 Å². The van der Waals surface area contributed by atoms with Gasteiger partial charge in [-0.25, -0.2) is 4.98 Å². The van der Waals surface area contributed by atoms with Crippen molar-refractivity contribution in [1.29, 1.82) is 0 Å². The van der Waals surface area contributed by atoms with Gasteiger partial charge in [-0.05, 0) is 13.8 Å². The number of nitrogens with two attached hydrogens (primary N) is 2. The number of hydrogen-bond acceptors (Lipinski definition) is 5. The lowest BCUT2D eigenvalue weighted by atomic mass is 10.2. The predicted molar refractivity (Wildman–Crippen MR) is 69.9 cm³/mol. The number of nitrogens with zero attached hydrogens (tertiary/aromatic N) is 3. The summed E-state index contributed by atoms with van der Waals surface area (Å²) in [5, 5.41) is 4.23. The Morgan fingerprint density at radius 2 is 2.11 bits per heavy atom. The van der Waals surface area contributed by atoms with Gasteiger partial charge in [0.05, 0.1) is 23.1 Å². The zero-order valence-corrected chi connectivity index (χ0v) is 11.0. The van der Waals surface area contributed by atoms with Crippen molar-refractivity contribution >= 4 is 11.6 Å². The molecule has 7 nitrogen and oxygen atoms in total. The Hall–Kier alpha value is -2.57. The third-order valence-corrected chi connectivity index (χ3v) is 2.82. The lowest BCUT2D eigenvalue weighted by Crippen LogP contribution is -2.14. The third kappa shape index (κ3) is 2.35. The molecular weight excluding hydrogens is 246 g/mol. The highest BCUT2D eigenvalue weighted by molar-refractivity contribution is 5.98. The quantitative estimate of drug-likeness (QED) is 0.853. The molecule has 7 heteroatoms. The maximum absolute atomic E-state index is 11.2. The summed E-state index contributed by atoms with van der Waals surface area (Å²) in [6.07, 6.45) is 1.34. The molecule has 2 rings (SSSR count). The first kappa shape index (κ1) is 12.9. The van der Waals surface area contributed by atoms with Crippen LogP contribution < -0.4 is 16.2 Å². The number of ether oxygens (including phenoxy) is 1. The summed E-state index contributed by atoms with van der Waals surface area (Å²) in [5.74, 6) is 0.238. The van der Waals surface area contributed by atoms with Gasteiger partial charge in [0, 0.05) is 13.1 Å². The molecule has 2 aromatic heterocycles. The molecule has 1 amide bonds. The van der Waals surface area contributed by atoms with Gasteiger partial charge >= 0.3 is 0 Å². The first-order valence-electron chi connectivity index (χ1n) is 5.63. The largest absolute Gasteiger partial charge is 0.435 e. The van der Waals surface area contributed by atoms with E-state index in [4.69, 9.17) is 16.2 Å². The van der Waals surface area contributed by atoms with E-state index < -0.39 is 5.91 Å². The van der Waals surface area contributed by atoms with Crippen LogP contribution in [-0.4, -0.2) is 20.7 Å². The van der Waals surface area contributed by atoms with Gasteiger partial charge in [0.25, 0.3) is 5.91 Å². The zero-order chi connectivity index (χ0) is 14.2. The number of anilines is 1. The topological polar surface area (TPSA) is 109 Å². The number of amides is 1. The summed E-state index contributed by atoms with van der Waals surface area (Å²) in [6.45, 7) is 3.70. The zero-order valence-electron chi connectivity index (χ0n) is 11.0. The van der Waals surface area contributed by atoms with E-state index in [1.807, 2.05) is 20.9 Å². The summed E-state index contributed by atoms with van der Waals surface area (Å²) < 4.78 is 7.35. The van der Waals surface area contributed by atoms with E-state index in [0.29, 0.717) is 5.75 Å². The Kier molecular flexibility index (Phi) is 3.12. The fraction of sp³-hybridized carbons (Fsp3) is 0.250. The molecule has 0 atom stereocenters. The number of aromatic nitrogens is 3. The number of primary amides is 1. The van der Waals surface area contributed by atoms with E-state index >= 15 is 0 Å². The van der Waals surface area contributed by atoms with Crippen LogP contribution in [0.2, 0.25) is 0 Å². The molecule has 0 saturated heterocycles. The average molecular weight is 261 g/mol. The minimum atomic E-state index is -0.621. The third-order valence-electron chi connectivity index (χ3n) is 2.82. The lowest BCUT2D eigenvalue weighted by molar-refractivity contribution is 0.100. The maximum atomic E-state index is 11.2. The van der Waals surface area contributed by atoms with Crippen molar-refractivity contribution in [3.05, 3.63) is 29.2 Å². The second kappa shape index (κ2) is 4.60. The number of carbonyl (C=O) groups is 1. The highest BCUT2D eigenvalue weighted by Gasteiger charge is 2.14. The van der Waals surface area contributed by atoms with Gasteiger partial charge in [-0.15, -0.1) is 0 Å². The van der Waals surface area contributed by atoms with Gasteiger partial charge in [0.15, 0.2) is 5.75 Å². The minimum Gasteiger partial charge on any atom is -0.435 e. The Bertz CT molecular complexity index is 648. The van der Waals surface area contributed by atoms with Gasteiger partial charge in [-0.2, -0.15) is 5.10 Å². The summed E-state index contributed by atoms with van der Waals surface area (Å²) >= 11 is 0. The number of aryl methyl sites for hydroxylation is 2. The van der Waals surface area contributed by atoms with Gasteiger partial charge in [0.2, 0.25) is 5.88 Å². The molecule has 0 bridgehead atoms. The molecule has 0 aromatic carbocycles. The van der Waals surface area contributed by atoms with Crippen LogP contribution >= 0.6 is 0 Å². The highest BCUT2D eigenvalue weighted by Crippen LogP contribution is 2.27. The van der Waals surface area contributed by atoms with Gasteiger partial charge < -0.3 is 16.2 Å². The number of hydrogen-bond donors (Lipinski definition) is 2. The van der Waals surface area contributed by atoms with E-state index in [0.717, 1.165) is 11.4 Å². The Morgan fingerprint density at radius 1 is 1.42 bits per heavy atom. The van der Waals surface area contributed by atoms with Crippen molar-refractivity contribution in [3.8, 4) is 11.6 Å². The monoisotopic (exact) mass is 261 g/mol. The fourth-order valence-corrected chi connectivity index (χ4v) is 1.72. The van der Waals surface area contributed by atoms with E-state index in [-0.39, 0.29) is 17.1 Å². The Balaban J connectivity index is 2.39. The fourth-order valence-electron chi connectivity index (χ4n) is 1.72. The minimum absolute atomic E-state index is 0.184. The molecule has 0 unspecified atom stereocenters. The normalized spacial score (nSPS) is 10.5. The van der Waals surface area contributed by atoms with E-state index in [1.54, 1.807) is 4.68 Å². The smallest absolute Gasteiger partial charge is 0.251 e. The van der Waals surface area contributed by atoms with E-state index in [9.17, 15) is 4.79 Å². The molecule has 0 aliphatic heterocycles. The van der Waals surface area contributed by atoms with Crippen LogP contribution in [0.3, 0.4) is 0 Å². The van der Waals surface area contributed by atoms with Crippen LogP contribution in [0.15, 0.2) is 12.3 Å². The standard InChI is InChI=1S/C12H15N5O2/c1-6-11(7(2)17(3)16-6)19-10-4-8(12(14)18)9(13)5-15-10/h4-5H,13H2,1-3H3,(H2,14,18). The molecule has 100 valence electrons. The first-order valence-corrected chi connectivity index (χ1v) is 5.63. The lowest BCUT2D eigenvalue weighted by Gasteiger charge is -2.07. The number of carbonyl (C=O) groups excluding carboxylic acids is 1. The molecule has 0 spiro atoms. The van der Waals surface area contributed by atoms with Gasteiger partial charge in [-0.3, -0.25) is 9.48 Å². The van der Waals surface area contributed by atoms with Crippen molar-refractivity contribution in [2.75, 3.05) is 5.73 Å². The summed E-state index contributed by atoms with van der Waals surface area (Å²) in [5.41, 5.74) is 12.8. The average Bonchev–Trinajstić information content (AvgIpc) is 2.58. The number of nitrogen functional groups attached to an aromatic ring is 1. The Morgan fingerprint density at radius 3 is 2.63 bits per heavy atom. The van der Waals surface area contributed by atoms with Gasteiger partial charge in [-0.1, -0.05) is 0 Å². The SMILES string of the molecule is Cc1nn(C)c(C)c1Oc1cc(C(N)=O)c(N)cn1. The molecule has 0 aliphatic carbocycles. The molecule has 2 aromatic rings. The second-order valence-corrected chi connectivity index (χ2v) is 4.20. The van der Waals surface area contributed by atoms with E-state index in [2.05, 4.69) is 10.1 Å². The summed E-state index contributed by atoms with van der Waals surface area (Å²) in [4.78, 5) is 15.2. The highest BCUT2D eigenvalue weighted by atomic mass is 16.5. The molecule has 4 N–H and O–H groups in total. The molecular formula is C12H15N5O2. The van der Waals surface area contributed by atoms with Crippen molar-refractivity contribution in [1.82, 2.24) is 14.8 Å². The van der Waals surface area contributed by atoms with Crippen LogP contribution in [0.1, 0.15) is 21.7 Å². The number of pyridine rings is 1. The van der Waals surface area contributed by atoms with Crippen LogP contribution in [-0.2, 0) is 7.05 Å². The molecule has 0 saturated carbocycles. The van der Waals surface area contributed by atoms with E-state index in [1.165, 1.54) is 12.3 Å². The van der Waals surface area contributed by atoms with Crippen LogP contribution in [0.4, 0.5) is 5.69 Å². The molecule has 0 aliphatic rings. The predicted octanol–water partition coefficient (Wildman–Crippen LogP) is 0.905.